The zero-order valence-corrected chi connectivity index (χ0v) is 12.0. The van der Waals surface area contributed by atoms with Crippen LogP contribution in [0.1, 0.15) is 34.5 Å². The van der Waals surface area contributed by atoms with Crippen LogP contribution in [0.2, 0.25) is 0 Å². The fourth-order valence-corrected chi connectivity index (χ4v) is 3.34. The Bertz CT molecular complexity index is 611. The van der Waals surface area contributed by atoms with Crippen molar-refractivity contribution < 1.29 is 22.1 Å². The Morgan fingerprint density at radius 3 is 2.90 bits per heavy atom. The van der Waals surface area contributed by atoms with Gasteiger partial charge < -0.3 is 10.5 Å². The molecule has 0 aromatic heterocycles. The van der Waals surface area contributed by atoms with E-state index in [4.69, 9.17) is 14.7 Å². The molecule has 1 aromatic carbocycles. The van der Waals surface area contributed by atoms with Crippen LogP contribution in [0.15, 0.2) is 18.2 Å². The number of hydrogen-bond acceptors (Lipinski definition) is 5. The fraction of sp³-hybridized carbons (Fsp3) is 0.462. The molecule has 20 heavy (non-hydrogen) atoms. The molecule has 1 unspecified atom stereocenters. The van der Waals surface area contributed by atoms with Crippen LogP contribution >= 0.6 is 0 Å². The number of primary amides is 1. The van der Waals surface area contributed by atoms with Crippen molar-refractivity contribution in [2.24, 2.45) is 5.73 Å². The number of hydrogen-bond donors (Lipinski definition) is 1. The minimum Gasteiger partial charge on any atom is -0.372 e. The third-order valence-corrected chi connectivity index (χ3v) is 4.42. The minimum atomic E-state index is -3.62. The van der Waals surface area contributed by atoms with Gasteiger partial charge in [0.25, 0.3) is 10.1 Å². The highest BCUT2D eigenvalue weighted by atomic mass is 32.2. The fourth-order valence-electron chi connectivity index (χ4n) is 2.24. The minimum absolute atomic E-state index is 0.0997. The van der Waals surface area contributed by atoms with Gasteiger partial charge in [-0.25, -0.2) is 0 Å². The molecule has 0 spiro atoms. The summed E-state index contributed by atoms with van der Waals surface area (Å²) < 4.78 is 33.7. The van der Waals surface area contributed by atoms with Gasteiger partial charge in [-0.2, -0.15) is 8.42 Å². The Kier molecular flexibility index (Phi) is 4.42. The highest BCUT2D eigenvalue weighted by molar-refractivity contribution is 7.86. The summed E-state index contributed by atoms with van der Waals surface area (Å²) in [5, 5.41) is 0. The summed E-state index contributed by atoms with van der Waals surface area (Å²) in [6.07, 6.45) is 0.0546. The monoisotopic (exact) mass is 299 g/mol. The summed E-state index contributed by atoms with van der Waals surface area (Å²) in [4.78, 5) is 11.2. The molecule has 1 heterocycles. The zero-order valence-electron chi connectivity index (χ0n) is 11.2. The second kappa shape index (κ2) is 5.90. The average Bonchev–Trinajstić information content (AvgIpc) is 2.37. The van der Waals surface area contributed by atoms with Crippen LogP contribution in [0.4, 0.5) is 0 Å². The number of carbonyl (C=O) groups excluding carboxylic acids is 1. The van der Waals surface area contributed by atoms with Crippen LogP contribution < -0.4 is 5.73 Å². The van der Waals surface area contributed by atoms with Gasteiger partial charge >= 0.3 is 0 Å². The number of benzene rings is 1. The van der Waals surface area contributed by atoms with E-state index in [9.17, 15) is 13.2 Å². The summed E-state index contributed by atoms with van der Waals surface area (Å²) in [5.41, 5.74) is 7.31. The first-order valence-electron chi connectivity index (χ1n) is 6.34. The SMILES string of the molecule is CCOS(=O)(=O)CC1OCCc2cc(C(N)=O)ccc21. The molecule has 2 N–H and O–H groups in total. The molecule has 0 saturated carbocycles. The standard InChI is InChI=1S/C13H17NO5S/c1-2-19-20(16,17)8-12-11-4-3-10(13(14)15)7-9(11)5-6-18-12/h3-4,7,12H,2,5-6,8H2,1H3,(H2,14,15). The Morgan fingerprint density at radius 2 is 2.25 bits per heavy atom. The van der Waals surface area contributed by atoms with Gasteiger partial charge in [-0.3, -0.25) is 8.98 Å². The van der Waals surface area contributed by atoms with Crippen LogP contribution in [-0.4, -0.2) is 33.3 Å². The molecular formula is C13H17NO5S. The summed E-state index contributed by atoms with van der Waals surface area (Å²) >= 11 is 0. The molecule has 0 bridgehead atoms. The Morgan fingerprint density at radius 1 is 1.50 bits per heavy atom. The Hall–Kier alpha value is -1.44. The number of rotatable bonds is 5. The maximum Gasteiger partial charge on any atom is 0.270 e. The third kappa shape index (κ3) is 3.36. The molecule has 2 rings (SSSR count). The van der Waals surface area contributed by atoms with Gasteiger partial charge in [0, 0.05) is 5.56 Å². The van der Waals surface area contributed by atoms with Crippen LogP contribution in [0, 0.1) is 0 Å². The normalized spacial score (nSPS) is 18.6. The largest absolute Gasteiger partial charge is 0.372 e. The average molecular weight is 299 g/mol. The van der Waals surface area contributed by atoms with Crippen molar-refractivity contribution in [3.8, 4) is 0 Å². The van der Waals surface area contributed by atoms with Gasteiger partial charge in [-0.05, 0) is 36.6 Å². The van der Waals surface area contributed by atoms with Gasteiger partial charge in [0.2, 0.25) is 5.91 Å². The molecule has 7 heteroatoms. The lowest BCUT2D eigenvalue weighted by molar-refractivity contribution is 0.0560. The molecule has 0 radical (unpaired) electrons. The molecule has 1 aliphatic rings. The second-order valence-electron chi connectivity index (χ2n) is 4.52. The molecule has 110 valence electrons. The van der Waals surface area contributed by atoms with E-state index in [0.717, 1.165) is 11.1 Å². The lowest BCUT2D eigenvalue weighted by Gasteiger charge is -2.26. The predicted molar refractivity (Wildman–Crippen MR) is 72.8 cm³/mol. The lowest BCUT2D eigenvalue weighted by Crippen LogP contribution is -2.25. The third-order valence-electron chi connectivity index (χ3n) is 3.12. The number of amides is 1. The van der Waals surface area contributed by atoms with Crippen LogP contribution in [-0.2, 0) is 25.5 Å². The quantitative estimate of drug-likeness (QED) is 0.810. The maximum absolute atomic E-state index is 11.7. The van der Waals surface area contributed by atoms with E-state index in [1.54, 1.807) is 25.1 Å². The van der Waals surface area contributed by atoms with E-state index in [0.29, 0.717) is 18.6 Å². The van der Waals surface area contributed by atoms with Crippen LogP contribution in [0.3, 0.4) is 0 Å². The first-order chi connectivity index (χ1) is 9.43. The highest BCUT2D eigenvalue weighted by Crippen LogP contribution is 2.29. The molecule has 6 nitrogen and oxygen atoms in total. The number of nitrogens with two attached hydrogens (primary N) is 1. The molecule has 0 aliphatic carbocycles. The van der Waals surface area contributed by atoms with Crippen LogP contribution in [0.5, 0.6) is 0 Å². The van der Waals surface area contributed by atoms with Gasteiger partial charge in [0.05, 0.1) is 19.3 Å². The molecule has 1 atom stereocenters. The van der Waals surface area contributed by atoms with Crippen LogP contribution in [0.25, 0.3) is 0 Å². The second-order valence-corrected chi connectivity index (χ2v) is 6.20. The molecule has 1 amide bonds. The zero-order chi connectivity index (χ0) is 14.8. The van der Waals surface area contributed by atoms with E-state index < -0.39 is 22.1 Å². The summed E-state index contributed by atoms with van der Waals surface area (Å²) in [5.74, 6) is -0.734. The molecule has 1 aliphatic heterocycles. The van der Waals surface area contributed by atoms with E-state index >= 15 is 0 Å². The van der Waals surface area contributed by atoms with Gasteiger partial charge in [-0.15, -0.1) is 0 Å². The number of fused-ring (bicyclic) bond motifs is 1. The van der Waals surface area contributed by atoms with Crippen molar-refractivity contribution >= 4 is 16.0 Å². The van der Waals surface area contributed by atoms with Crippen molar-refractivity contribution in [1.82, 2.24) is 0 Å². The Labute approximate surface area is 118 Å². The molecular weight excluding hydrogens is 282 g/mol. The van der Waals surface area contributed by atoms with Crippen molar-refractivity contribution in [2.75, 3.05) is 19.0 Å². The van der Waals surface area contributed by atoms with E-state index in [1.165, 1.54) is 0 Å². The summed E-state index contributed by atoms with van der Waals surface area (Å²) in [7, 11) is -3.62. The van der Waals surface area contributed by atoms with Crippen molar-refractivity contribution in [3.63, 3.8) is 0 Å². The number of carbonyl (C=O) groups is 1. The van der Waals surface area contributed by atoms with Crippen molar-refractivity contribution in [1.29, 1.82) is 0 Å². The van der Waals surface area contributed by atoms with E-state index in [2.05, 4.69) is 0 Å². The molecule has 1 aromatic rings. The molecule has 0 fully saturated rings. The first-order valence-corrected chi connectivity index (χ1v) is 7.92. The van der Waals surface area contributed by atoms with Gasteiger partial charge in [-0.1, -0.05) is 6.07 Å². The van der Waals surface area contributed by atoms with E-state index in [1.807, 2.05) is 0 Å². The first kappa shape index (κ1) is 15.0. The van der Waals surface area contributed by atoms with Gasteiger partial charge in [0.15, 0.2) is 0 Å². The molecule has 0 saturated heterocycles. The van der Waals surface area contributed by atoms with Crippen molar-refractivity contribution in [2.45, 2.75) is 19.4 Å². The van der Waals surface area contributed by atoms with Gasteiger partial charge in [0.1, 0.15) is 5.75 Å². The summed E-state index contributed by atoms with van der Waals surface area (Å²) in [6.45, 7) is 2.12. The smallest absolute Gasteiger partial charge is 0.270 e. The summed E-state index contributed by atoms with van der Waals surface area (Å²) in [6, 6.07) is 4.97. The highest BCUT2D eigenvalue weighted by Gasteiger charge is 2.27. The lowest BCUT2D eigenvalue weighted by atomic mass is 9.96. The van der Waals surface area contributed by atoms with E-state index in [-0.39, 0.29) is 12.4 Å². The number of ether oxygens (including phenoxy) is 1. The topological polar surface area (TPSA) is 95.7 Å². The maximum atomic E-state index is 11.7. The van der Waals surface area contributed by atoms with Crippen molar-refractivity contribution in [3.05, 3.63) is 34.9 Å². The predicted octanol–water partition coefficient (Wildman–Crippen LogP) is 0.766. The Balaban J connectivity index is 2.27.